The van der Waals surface area contributed by atoms with Crippen molar-refractivity contribution >= 4 is 32.5 Å². The van der Waals surface area contributed by atoms with E-state index < -0.39 is 50.5 Å². The van der Waals surface area contributed by atoms with Crippen LogP contribution in [0.2, 0.25) is 5.02 Å². The molecule has 188 valence electrons. The molecule has 3 aromatic carbocycles. The van der Waals surface area contributed by atoms with Crippen molar-refractivity contribution in [3.63, 3.8) is 0 Å². The Kier molecular flexibility index (Phi) is 6.91. The van der Waals surface area contributed by atoms with Crippen LogP contribution in [0.1, 0.15) is 22.3 Å². The van der Waals surface area contributed by atoms with Crippen molar-refractivity contribution in [3.8, 4) is 0 Å². The zero-order valence-corrected chi connectivity index (χ0v) is 19.7. The van der Waals surface area contributed by atoms with Gasteiger partial charge in [-0.2, -0.15) is 13.2 Å². The van der Waals surface area contributed by atoms with Gasteiger partial charge < -0.3 is 4.98 Å². The molecule has 0 bridgehead atoms. The van der Waals surface area contributed by atoms with Gasteiger partial charge in [-0.1, -0.05) is 29.8 Å². The lowest BCUT2D eigenvalue weighted by molar-refractivity contribution is -0.136. The average Bonchev–Trinajstić information content (AvgIpc) is 2.81. The number of benzene rings is 3. The Morgan fingerprint density at radius 3 is 2.19 bits per heavy atom. The fraction of sp³-hybridized carbons (Fsp3) is 0.125. The number of fused-ring (bicyclic) bond motifs is 1. The highest BCUT2D eigenvalue weighted by atomic mass is 35.5. The number of halogens is 6. The zero-order valence-electron chi connectivity index (χ0n) is 18.1. The third-order valence-corrected chi connectivity index (χ3v) is 7.26. The van der Waals surface area contributed by atoms with Crippen LogP contribution in [-0.2, 0) is 29.2 Å². The molecule has 0 radical (unpaired) electrons. The van der Waals surface area contributed by atoms with E-state index >= 15 is 0 Å². The van der Waals surface area contributed by atoms with Crippen LogP contribution in [0.3, 0.4) is 0 Å². The molecule has 36 heavy (non-hydrogen) atoms. The van der Waals surface area contributed by atoms with E-state index in [1.807, 2.05) is 0 Å². The average molecular weight is 543 g/mol. The van der Waals surface area contributed by atoms with Gasteiger partial charge in [-0.25, -0.2) is 21.9 Å². The number of rotatable bonds is 6. The van der Waals surface area contributed by atoms with Crippen LogP contribution in [0.25, 0.3) is 10.9 Å². The molecule has 5 nitrogen and oxygen atoms in total. The highest BCUT2D eigenvalue weighted by Gasteiger charge is 2.33. The first-order chi connectivity index (χ1) is 16.8. The second-order valence-electron chi connectivity index (χ2n) is 7.89. The molecule has 4 rings (SSSR count). The zero-order chi connectivity index (χ0) is 26.3. The molecule has 0 aliphatic carbocycles. The maximum atomic E-state index is 13.9. The second kappa shape index (κ2) is 9.64. The predicted octanol–water partition coefficient (Wildman–Crippen LogP) is 5.55. The fourth-order valence-corrected chi connectivity index (χ4v) is 4.86. The van der Waals surface area contributed by atoms with Crippen molar-refractivity contribution in [1.82, 2.24) is 9.71 Å². The molecule has 2 N–H and O–H groups in total. The van der Waals surface area contributed by atoms with Gasteiger partial charge in [0.05, 0.1) is 15.5 Å². The molecule has 0 unspecified atom stereocenters. The van der Waals surface area contributed by atoms with Crippen LogP contribution in [0.15, 0.2) is 70.4 Å². The molecule has 0 spiro atoms. The van der Waals surface area contributed by atoms with E-state index in [-0.39, 0.29) is 27.8 Å². The van der Waals surface area contributed by atoms with E-state index in [2.05, 4.69) is 9.71 Å². The molecule has 0 saturated carbocycles. The molecule has 0 aliphatic heterocycles. The quantitative estimate of drug-likeness (QED) is 0.248. The highest BCUT2D eigenvalue weighted by Crippen LogP contribution is 2.34. The lowest BCUT2D eigenvalue weighted by atomic mass is 10.0. The largest absolute Gasteiger partial charge is 0.417 e. The van der Waals surface area contributed by atoms with E-state index in [9.17, 15) is 35.2 Å². The Morgan fingerprint density at radius 2 is 1.53 bits per heavy atom. The topological polar surface area (TPSA) is 79.0 Å². The third-order valence-electron chi connectivity index (χ3n) is 5.43. The SMILES string of the molecule is O=c1cc(C(F)(F)F)c2cc(Cc3ccc(S(=O)(=O)NCc4c(F)ccc(F)c4Cl)cc3)ccc2[nH]1. The Bertz CT molecular complexity index is 1620. The first-order valence-corrected chi connectivity index (χ1v) is 12.2. The lowest BCUT2D eigenvalue weighted by Gasteiger charge is -2.12. The summed E-state index contributed by atoms with van der Waals surface area (Å²) in [4.78, 5) is 13.8. The summed E-state index contributed by atoms with van der Waals surface area (Å²) in [5.74, 6) is -1.76. The Morgan fingerprint density at radius 1 is 0.889 bits per heavy atom. The summed E-state index contributed by atoms with van der Waals surface area (Å²) in [7, 11) is -4.11. The minimum atomic E-state index is -4.72. The van der Waals surface area contributed by atoms with Gasteiger partial charge >= 0.3 is 6.18 Å². The summed E-state index contributed by atoms with van der Waals surface area (Å²) >= 11 is 5.72. The minimum absolute atomic E-state index is 0.0425. The van der Waals surface area contributed by atoms with Crippen molar-refractivity contribution in [2.75, 3.05) is 0 Å². The number of aromatic amines is 1. The lowest BCUT2D eigenvalue weighted by Crippen LogP contribution is -2.24. The van der Waals surface area contributed by atoms with Gasteiger partial charge in [-0.05, 0) is 53.9 Å². The molecule has 0 amide bonds. The number of pyridine rings is 1. The number of hydrogen-bond donors (Lipinski definition) is 2. The Balaban J connectivity index is 1.54. The maximum absolute atomic E-state index is 13.9. The van der Waals surface area contributed by atoms with E-state index in [1.165, 1.54) is 36.4 Å². The van der Waals surface area contributed by atoms with E-state index in [1.54, 1.807) is 6.07 Å². The molecular formula is C24H16ClF5N2O3S. The van der Waals surface area contributed by atoms with Crippen LogP contribution in [0, 0.1) is 11.6 Å². The van der Waals surface area contributed by atoms with Crippen molar-refractivity contribution in [2.24, 2.45) is 0 Å². The number of sulfonamides is 1. The molecule has 1 aromatic heterocycles. The van der Waals surface area contributed by atoms with Gasteiger partial charge in [-0.3, -0.25) is 4.79 Å². The number of nitrogens with one attached hydrogen (secondary N) is 2. The number of hydrogen-bond acceptors (Lipinski definition) is 3. The van der Waals surface area contributed by atoms with Gasteiger partial charge in [0.15, 0.2) is 0 Å². The van der Waals surface area contributed by atoms with E-state index in [0.29, 0.717) is 17.2 Å². The second-order valence-corrected chi connectivity index (χ2v) is 10.0. The van der Waals surface area contributed by atoms with Crippen LogP contribution < -0.4 is 10.3 Å². The van der Waals surface area contributed by atoms with Crippen molar-refractivity contribution in [3.05, 3.63) is 110 Å². The smallest absolute Gasteiger partial charge is 0.322 e. The molecule has 0 aliphatic rings. The normalized spacial score (nSPS) is 12.3. The van der Waals surface area contributed by atoms with Gasteiger partial charge in [0, 0.05) is 29.1 Å². The van der Waals surface area contributed by atoms with Crippen LogP contribution in [0.5, 0.6) is 0 Å². The first kappa shape index (κ1) is 25.8. The Labute approximate surface area is 206 Å². The molecule has 12 heteroatoms. The van der Waals surface area contributed by atoms with E-state index in [0.717, 1.165) is 12.1 Å². The molecule has 0 fully saturated rings. The van der Waals surface area contributed by atoms with E-state index in [4.69, 9.17) is 11.6 Å². The first-order valence-electron chi connectivity index (χ1n) is 10.3. The summed E-state index contributed by atoms with van der Waals surface area (Å²) in [6.07, 6.45) is -4.53. The molecule has 4 aromatic rings. The summed E-state index contributed by atoms with van der Waals surface area (Å²) in [5.41, 5.74) is -1.11. The molecule has 1 heterocycles. The van der Waals surface area contributed by atoms with Crippen molar-refractivity contribution in [2.45, 2.75) is 24.0 Å². The van der Waals surface area contributed by atoms with Crippen molar-refractivity contribution in [1.29, 1.82) is 0 Å². The molecule has 0 atom stereocenters. The third kappa shape index (κ3) is 5.43. The standard InChI is InChI=1S/C24H16ClF5N2O3S/c25-23-17(19(26)6-7-20(23)27)12-31-36(34,35)15-4-1-13(2-5-15)9-14-3-8-21-16(10-14)18(24(28,29)30)11-22(33)32-21/h1-8,10-11,31H,9,12H2,(H,32,33). The fourth-order valence-electron chi connectivity index (χ4n) is 3.65. The van der Waals surface area contributed by atoms with Crippen LogP contribution >= 0.6 is 11.6 Å². The minimum Gasteiger partial charge on any atom is -0.322 e. The Hall–Kier alpha value is -3.28. The predicted molar refractivity (Wildman–Crippen MR) is 124 cm³/mol. The van der Waals surface area contributed by atoms with Gasteiger partial charge in [0.2, 0.25) is 15.6 Å². The van der Waals surface area contributed by atoms with Gasteiger partial charge in [-0.15, -0.1) is 0 Å². The highest BCUT2D eigenvalue weighted by molar-refractivity contribution is 7.89. The van der Waals surface area contributed by atoms with Crippen LogP contribution in [0.4, 0.5) is 22.0 Å². The molecule has 0 saturated heterocycles. The van der Waals surface area contributed by atoms with Crippen LogP contribution in [-0.4, -0.2) is 13.4 Å². The summed E-state index contributed by atoms with van der Waals surface area (Å²) in [6, 6.07) is 11.9. The summed E-state index contributed by atoms with van der Waals surface area (Å²) in [6.45, 7) is -0.576. The summed E-state index contributed by atoms with van der Waals surface area (Å²) in [5, 5.41) is -0.688. The summed E-state index contributed by atoms with van der Waals surface area (Å²) < 4.78 is 95.0. The van der Waals surface area contributed by atoms with Gasteiger partial charge in [0.25, 0.3) is 0 Å². The molecular weight excluding hydrogens is 527 g/mol. The maximum Gasteiger partial charge on any atom is 0.417 e. The number of aromatic nitrogens is 1. The van der Waals surface area contributed by atoms with Gasteiger partial charge in [0.1, 0.15) is 11.6 Å². The monoisotopic (exact) mass is 542 g/mol. The number of alkyl halides is 3. The number of H-pyrrole nitrogens is 1. The van der Waals surface area contributed by atoms with Crippen molar-refractivity contribution < 1.29 is 30.4 Å².